The van der Waals surface area contributed by atoms with E-state index in [0.29, 0.717) is 5.92 Å². The highest BCUT2D eigenvalue weighted by molar-refractivity contribution is 5.45. The molecule has 0 saturated heterocycles. The maximum absolute atomic E-state index is 6.22. The first-order valence-electron chi connectivity index (χ1n) is 8.62. The van der Waals surface area contributed by atoms with E-state index in [0.717, 1.165) is 26.0 Å². The molecule has 122 valence electrons. The summed E-state index contributed by atoms with van der Waals surface area (Å²) in [4.78, 5) is 2.23. The smallest absolute Gasteiger partial charge is 0.0810 e. The van der Waals surface area contributed by atoms with Crippen LogP contribution in [-0.4, -0.2) is 38.3 Å². The van der Waals surface area contributed by atoms with Crippen LogP contribution < -0.4 is 0 Å². The van der Waals surface area contributed by atoms with Crippen molar-refractivity contribution >= 4 is 0 Å². The number of benzene rings is 2. The van der Waals surface area contributed by atoms with E-state index < -0.39 is 0 Å². The largest absolute Gasteiger partial charge is 0.376 e. The number of aryl methyl sites for hydroxylation is 2. The molecule has 1 aliphatic rings. The van der Waals surface area contributed by atoms with Crippen molar-refractivity contribution in [3.63, 3.8) is 0 Å². The maximum atomic E-state index is 6.22. The molecule has 0 bridgehead atoms. The van der Waals surface area contributed by atoms with Gasteiger partial charge in [-0.2, -0.15) is 0 Å². The van der Waals surface area contributed by atoms with E-state index in [1.54, 1.807) is 0 Å². The third-order valence-corrected chi connectivity index (χ3v) is 4.74. The molecule has 1 unspecified atom stereocenters. The van der Waals surface area contributed by atoms with Crippen molar-refractivity contribution in [3.8, 4) is 0 Å². The Morgan fingerprint density at radius 1 is 0.957 bits per heavy atom. The summed E-state index contributed by atoms with van der Waals surface area (Å²) in [6.45, 7) is 3.78. The predicted octanol–water partition coefficient (Wildman–Crippen LogP) is 3.88. The van der Waals surface area contributed by atoms with Crippen LogP contribution in [0.3, 0.4) is 0 Å². The fourth-order valence-corrected chi connectivity index (χ4v) is 3.80. The van der Waals surface area contributed by atoms with Gasteiger partial charge in [0.1, 0.15) is 0 Å². The summed E-state index contributed by atoms with van der Waals surface area (Å²) < 4.78 is 6.22. The number of fused-ring (bicyclic) bond motifs is 2. The summed E-state index contributed by atoms with van der Waals surface area (Å²) >= 11 is 0. The molecule has 2 aromatic carbocycles. The zero-order chi connectivity index (χ0) is 16.2. The lowest BCUT2D eigenvalue weighted by Gasteiger charge is -2.31. The van der Waals surface area contributed by atoms with E-state index in [2.05, 4.69) is 74.4 Å². The highest BCUT2D eigenvalue weighted by atomic mass is 16.5. The summed E-state index contributed by atoms with van der Waals surface area (Å²) in [7, 11) is 4.25. The van der Waals surface area contributed by atoms with Crippen molar-refractivity contribution in [1.82, 2.24) is 4.90 Å². The molecule has 1 atom stereocenters. The zero-order valence-electron chi connectivity index (χ0n) is 14.5. The lowest BCUT2D eigenvalue weighted by Crippen LogP contribution is -2.34. The Bertz CT molecular complexity index is 602. The molecule has 23 heavy (non-hydrogen) atoms. The number of likely N-dealkylation sites (N-methyl/N-ethyl adjacent to an activating group) is 1. The normalized spacial score (nSPS) is 15.8. The van der Waals surface area contributed by atoms with E-state index in [1.807, 2.05) is 0 Å². The fraction of sp³-hybridized carbons (Fsp3) is 0.429. The van der Waals surface area contributed by atoms with Gasteiger partial charge < -0.3 is 9.64 Å². The van der Waals surface area contributed by atoms with Crippen molar-refractivity contribution in [2.24, 2.45) is 0 Å². The first-order valence-corrected chi connectivity index (χ1v) is 8.62. The molecule has 0 radical (unpaired) electrons. The van der Waals surface area contributed by atoms with E-state index >= 15 is 0 Å². The summed E-state index contributed by atoms with van der Waals surface area (Å²) in [5.41, 5.74) is 5.82. The van der Waals surface area contributed by atoms with Crippen molar-refractivity contribution in [2.75, 3.05) is 27.2 Å². The first kappa shape index (κ1) is 16.2. The second kappa shape index (κ2) is 7.29. The minimum Gasteiger partial charge on any atom is -0.376 e. The van der Waals surface area contributed by atoms with Crippen molar-refractivity contribution in [3.05, 3.63) is 70.8 Å². The standard InChI is InChI=1S/C21H27NO/c1-4-23-20(15-22(2)3)21-18-11-7-5-9-16(18)13-14-17-10-6-8-12-19(17)21/h5-12,20-21H,4,13-15H2,1-3H3. The summed E-state index contributed by atoms with van der Waals surface area (Å²) in [5.74, 6) is 0.312. The molecule has 1 aliphatic carbocycles. The van der Waals surface area contributed by atoms with Gasteiger partial charge in [0, 0.05) is 19.1 Å². The zero-order valence-corrected chi connectivity index (χ0v) is 14.5. The fourth-order valence-electron chi connectivity index (χ4n) is 3.80. The van der Waals surface area contributed by atoms with Gasteiger partial charge in [0.25, 0.3) is 0 Å². The van der Waals surface area contributed by atoms with Crippen LogP contribution in [0.2, 0.25) is 0 Å². The monoisotopic (exact) mass is 309 g/mol. The van der Waals surface area contributed by atoms with E-state index in [9.17, 15) is 0 Å². The minimum atomic E-state index is 0.176. The van der Waals surface area contributed by atoms with Gasteiger partial charge >= 0.3 is 0 Å². The van der Waals surface area contributed by atoms with Crippen LogP contribution in [0, 0.1) is 0 Å². The quantitative estimate of drug-likeness (QED) is 0.831. The number of rotatable bonds is 5. The third-order valence-electron chi connectivity index (χ3n) is 4.74. The molecule has 0 aromatic heterocycles. The summed E-state index contributed by atoms with van der Waals surface area (Å²) in [6.07, 6.45) is 2.41. The van der Waals surface area contributed by atoms with Crippen LogP contribution in [0.4, 0.5) is 0 Å². The molecule has 2 heteroatoms. The Balaban J connectivity index is 2.11. The van der Waals surface area contributed by atoms with Gasteiger partial charge in [0.05, 0.1) is 6.10 Å². The number of hydrogen-bond donors (Lipinski definition) is 0. The van der Waals surface area contributed by atoms with Crippen molar-refractivity contribution < 1.29 is 4.74 Å². The lowest BCUT2D eigenvalue weighted by molar-refractivity contribution is 0.0333. The Hall–Kier alpha value is -1.64. The van der Waals surface area contributed by atoms with Gasteiger partial charge in [0.2, 0.25) is 0 Å². The first-order chi connectivity index (χ1) is 11.2. The average molecular weight is 309 g/mol. The van der Waals surface area contributed by atoms with E-state index in [4.69, 9.17) is 4.74 Å². The minimum absolute atomic E-state index is 0.176. The molecule has 0 N–H and O–H groups in total. The molecular weight excluding hydrogens is 282 g/mol. The predicted molar refractivity (Wildman–Crippen MR) is 96.1 cm³/mol. The lowest BCUT2D eigenvalue weighted by atomic mass is 9.83. The Morgan fingerprint density at radius 2 is 1.48 bits per heavy atom. The molecule has 2 aromatic rings. The van der Waals surface area contributed by atoms with E-state index in [-0.39, 0.29) is 6.10 Å². The second-order valence-electron chi connectivity index (χ2n) is 6.63. The summed E-state index contributed by atoms with van der Waals surface area (Å²) in [6, 6.07) is 17.8. The van der Waals surface area contributed by atoms with Gasteiger partial charge in [-0.05, 0) is 56.1 Å². The number of nitrogens with zero attached hydrogens (tertiary/aromatic N) is 1. The number of ether oxygens (including phenoxy) is 1. The SMILES string of the molecule is CCOC(CN(C)C)C1c2ccccc2CCc2ccccc21. The Labute approximate surface area is 140 Å². The molecule has 3 rings (SSSR count). The second-order valence-corrected chi connectivity index (χ2v) is 6.63. The molecule has 0 saturated carbocycles. The van der Waals surface area contributed by atoms with Crippen LogP contribution in [-0.2, 0) is 17.6 Å². The molecule has 0 aliphatic heterocycles. The molecule has 0 spiro atoms. The van der Waals surface area contributed by atoms with Crippen LogP contribution in [0.5, 0.6) is 0 Å². The van der Waals surface area contributed by atoms with E-state index in [1.165, 1.54) is 22.3 Å². The molecule has 0 fully saturated rings. The summed E-state index contributed by atoms with van der Waals surface area (Å²) in [5, 5.41) is 0. The number of hydrogen-bond acceptors (Lipinski definition) is 2. The molecular formula is C21H27NO. The van der Waals surface area contributed by atoms with Gasteiger partial charge in [0.15, 0.2) is 0 Å². The van der Waals surface area contributed by atoms with Crippen LogP contribution in [0.25, 0.3) is 0 Å². The molecule has 0 amide bonds. The van der Waals surface area contributed by atoms with Crippen LogP contribution in [0.1, 0.15) is 35.1 Å². The van der Waals surface area contributed by atoms with Gasteiger partial charge in [-0.25, -0.2) is 0 Å². The van der Waals surface area contributed by atoms with Crippen molar-refractivity contribution in [2.45, 2.75) is 31.8 Å². The maximum Gasteiger partial charge on any atom is 0.0810 e. The average Bonchev–Trinajstić information content (AvgIpc) is 2.71. The van der Waals surface area contributed by atoms with Crippen LogP contribution >= 0.6 is 0 Å². The highest BCUT2D eigenvalue weighted by Crippen LogP contribution is 2.37. The molecule has 2 nitrogen and oxygen atoms in total. The topological polar surface area (TPSA) is 12.5 Å². The Morgan fingerprint density at radius 3 is 1.96 bits per heavy atom. The third kappa shape index (κ3) is 3.49. The van der Waals surface area contributed by atoms with Gasteiger partial charge in [-0.3, -0.25) is 0 Å². The highest BCUT2D eigenvalue weighted by Gasteiger charge is 2.31. The van der Waals surface area contributed by atoms with Gasteiger partial charge in [-0.15, -0.1) is 0 Å². The van der Waals surface area contributed by atoms with Crippen LogP contribution in [0.15, 0.2) is 48.5 Å². The van der Waals surface area contributed by atoms with Gasteiger partial charge in [-0.1, -0.05) is 48.5 Å². The molecule has 0 heterocycles. The van der Waals surface area contributed by atoms with Crippen molar-refractivity contribution in [1.29, 1.82) is 0 Å². The Kier molecular flexibility index (Phi) is 5.14.